The molecule has 12 heteroatoms. The number of anilines is 2. The number of pyridine rings is 2. The molecule has 5 aromatic rings. The number of ketones is 1. The molecule has 3 N–H and O–H groups in total. The number of aromatic nitrogens is 4. The van der Waals surface area contributed by atoms with Crippen LogP contribution in [-0.4, -0.2) is 44.7 Å². The number of piperidine rings is 1. The molecule has 0 saturated carbocycles. The first-order chi connectivity index (χ1) is 23.3. The Morgan fingerprint density at radius 1 is 0.939 bits per heavy atom. The zero-order valence-corrected chi connectivity index (χ0v) is 27.7. The fourth-order valence-electron chi connectivity index (χ4n) is 6.16. The number of fused-ring (bicyclic) bond motifs is 1. The first-order valence-electron chi connectivity index (χ1n) is 16.2. The van der Waals surface area contributed by atoms with E-state index in [2.05, 4.69) is 25.9 Å². The fraction of sp³-hybridized carbons (Fsp3) is 0.324. The van der Waals surface area contributed by atoms with Gasteiger partial charge >= 0.3 is 12.2 Å². The van der Waals surface area contributed by atoms with Crippen LogP contribution in [0.15, 0.2) is 79.0 Å². The van der Waals surface area contributed by atoms with Crippen LogP contribution in [0.5, 0.6) is 0 Å². The smallest absolute Gasteiger partial charge is 0.317 e. The van der Waals surface area contributed by atoms with E-state index in [1.54, 1.807) is 41.1 Å². The molecule has 49 heavy (non-hydrogen) atoms. The first-order valence-corrected chi connectivity index (χ1v) is 16.2. The van der Waals surface area contributed by atoms with Crippen LogP contribution in [0.1, 0.15) is 72.4 Å². The summed E-state index contributed by atoms with van der Waals surface area (Å²) in [6.45, 7) is 9.42. The number of nitrogens with zero attached hydrogens (tertiary/aromatic N) is 4. The number of amides is 2. The van der Waals surface area contributed by atoms with Gasteiger partial charge in [-0.2, -0.15) is 18.3 Å². The minimum atomic E-state index is -4.85. The maximum Gasteiger partial charge on any atom is 0.434 e. The number of carbonyl (C=O) groups excluding carboxylic acids is 2. The zero-order chi connectivity index (χ0) is 34.9. The molecule has 1 aliphatic heterocycles. The molecule has 1 saturated heterocycles. The van der Waals surface area contributed by atoms with E-state index in [1.165, 1.54) is 12.3 Å². The van der Waals surface area contributed by atoms with Gasteiger partial charge in [0.15, 0.2) is 17.1 Å². The average Bonchev–Trinajstić information content (AvgIpc) is 3.49. The molecular formula is C37H38F3N7O2. The molecule has 2 amide bonds. The van der Waals surface area contributed by atoms with E-state index in [4.69, 9.17) is 5.10 Å². The van der Waals surface area contributed by atoms with Crippen molar-refractivity contribution in [1.29, 1.82) is 0 Å². The quantitative estimate of drug-likeness (QED) is 0.151. The van der Waals surface area contributed by atoms with Gasteiger partial charge in [-0.15, -0.1) is 0 Å². The topological polar surface area (TPSA) is 114 Å². The van der Waals surface area contributed by atoms with Crippen molar-refractivity contribution in [3.63, 3.8) is 0 Å². The van der Waals surface area contributed by atoms with Crippen LogP contribution >= 0.6 is 0 Å². The van der Waals surface area contributed by atoms with Crippen molar-refractivity contribution in [2.24, 2.45) is 5.92 Å². The van der Waals surface area contributed by atoms with Gasteiger partial charge in [0.05, 0.1) is 17.3 Å². The number of rotatable bonds is 7. The van der Waals surface area contributed by atoms with Gasteiger partial charge in [0.25, 0.3) is 0 Å². The fourth-order valence-corrected chi connectivity index (χ4v) is 6.16. The predicted molar refractivity (Wildman–Crippen MR) is 183 cm³/mol. The second-order valence-corrected chi connectivity index (χ2v) is 13.5. The number of halogens is 3. The summed E-state index contributed by atoms with van der Waals surface area (Å²) in [5, 5.41) is 14.1. The molecule has 1 atom stereocenters. The third-order valence-electron chi connectivity index (χ3n) is 8.79. The molecule has 254 valence electrons. The molecule has 0 spiro atoms. The average molecular weight is 670 g/mol. The van der Waals surface area contributed by atoms with Crippen LogP contribution in [-0.2, 0) is 11.6 Å². The van der Waals surface area contributed by atoms with Crippen molar-refractivity contribution in [3.05, 3.63) is 107 Å². The first kappa shape index (κ1) is 33.8. The third kappa shape index (κ3) is 7.49. The largest absolute Gasteiger partial charge is 0.434 e. The number of hydrogen-bond donors (Lipinski definition) is 3. The van der Waals surface area contributed by atoms with Crippen molar-refractivity contribution in [1.82, 2.24) is 25.1 Å². The SMILES string of the molecule is Cc1ccc(-n2nc(C(C)(C)C)cc2NC(=O)Nc2ccc(C(C(=O)c3cc4cccnc4nc3C(F)(F)F)C3CCNCC3)cc2)cc1. The monoisotopic (exact) mass is 669 g/mol. The molecule has 4 heterocycles. The summed E-state index contributed by atoms with van der Waals surface area (Å²) in [5.41, 5.74) is 1.65. The Balaban J connectivity index is 1.27. The molecule has 1 fully saturated rings. The molecule has 0 bridgehead atoms. The number of hydrogen-bond acceptors (Lipinski definition) is 6. The summed E-state index contributed by atoms with van der Waals surface area (Å²) in [7, 11) is 0. The van der Waals surface area contributed by atoms with Gasteiger partial charge in [-0.25, -0.2) is 19.4 Å². The highest BCUT2D eigenvalue weighted by atomic mass is 19.4. The summed E-state index contributed by atoms with van der Waals surface area (Å²) in [5.74, 6) is -1.20. The van der Waals surface area contributed by atoms with E-state index >= 15 is 0 Å². The minimum absolute atomic E-state index is 0.0740. The van der Waals surface area contributed by atoms with Crippen molar-refractivity contribution in [2.75, 3.05) is 23.7 Å². The van der Waals surface area contributed by atoms with Gasteiger partial charge in [0.2, 0.25) is 0 Å². The Bertz CT molecular complexity index is 1980. The van der Waals surface area contributed by atoms with Gasteiger partial charge in [-0.05, 0) is 86.8 Å². The number of urea groups is 1. The molecule has 1 aliphatic rings. The Kier molecular flexibility index (Phi) is 9.26. The van der Waals surface area contributed by atoms with Crippen LogP contribution in [0, 0.1) is 12.8 Å². The van der Waals surface area contributed by atoms with E-state index in [1.807, 2.05) is 58.0 Å². The molecule has 1 unspecified atom stereocenters. The molecule has 0 radical (unpaired) electrons. The zero-order valence-electron chi connectivity index (χ0n) is 27.7. The molecule has 6 rings (SSSR count). The molecule has 0 aliphatic carbocycles. The van der Waals surface area contributed by atoms with E-state index in [9.17, 15) is 22.8 Å². The Morgan fingerprint density at radius 2 is 1.63 bits per heavy atom. The van der Waals surface area contributed by atoms with E-state index in [-0.39, 0.29) is 17.0 Å². The number of aryl methyl sites for hydroxylation is 1. The Hall–Kier alpha value is -5.10. The highest BCUT2D eigenvalue weighted by Crippen LogP contribution is 2.39. The van der Waals surface area contributed by atoms with Crippen LogP contribution in [0.25, 0.3) is 16.7 Å². The summed E-state index contributed by atoms with van der Waals surface area (Å²) in [4.78, 5) is 35.2. The van der Waals surface area contributed by atoms with Crippen LogP contribution < -0.4 is 16.0 Å². The molecule has 3 aromatic heterocycles. The normalized spacial score (nSPS) is 14.8. The predicted octanol–water partition coefficient (Wildman–Crippen LogP) is 8.05. The summed E-state index contributed by atoms with van der Waals surface area (Å²) in [6.07, 6.45) is -2.24. The Morgan fingerprint density at radius 3 is 2.29 bits per heavy atom. The summed E-state index contributed by atoms with van der Waals surface area (Å²) < 4.78 is 44.5. The van der Waals surface area contributed by atoms with Crippen molar-refractivity contribution in [3.8, 4) is 5.69 Å². The second-order valence-electron chi connectivity index (χ2n) is 13.5. The lowest BCUT2D eigenvalue weighted by Gasteiger charge is -2.31. The lowest BCUT2D eigenvalue weighted by atomic mass is 9.76. The molecule has 2 aromatic carbocycles. The summed E-state index contributed by atoms with van der Waals surface area (Å²) in [6, 6.07) is 20.3. The third-order valence-corrected chi connectivity index (χ3v) is 8.79. The van der Waals surface area contributed by atoms with Crippen molar-refractivity contribution < 1.29 is 22.8 Å². The van der Waals surface area contributed by atoms with Gasteiger partial charge in [-0.1, -0.05) is 50.6 Å². The van der Waals surface area contributed by atoms with Gasteiger partial charge in [0, 0.05) is 34.3 Å². The van der Waals surface area contributed by atoms with Crippen molar-refractivity contribution >= 4 is 34.4 Å². The highest BCUT2D eigenvalue weighted by Gasteiger charge is 2.41. The van der Waals surface area contributed by atoms with Gasteiger partial charge in [0.1, 0.15) is 5.82 Å². The van der Waals surface area contributed by atoms with Crippen LogP contribution in [0.2, 0.25) is 0 Å². The Labute approximate surface area is 282 Å². The van der Waals surface area contributed by atoms with Gasteiger partial charge < -0.3 is 10.6 Å². The number of benzene rings is 2. The van der Waals surface area contributed by atoms with Crippen LogP contribution in [0.3, 0.4) is 0 Å². The number of carbonyl (C=O) groups is 2. The maximum absolute atomic E-state index is 14.3. The standard InChI is InChI=1S/C37H38F3N7O2/c1-22-7-13-27(14-8-22)47-30(21-29(46-47)36(2,3)4)44-35(49)43-26-11-9-23(10-12-26)31(24-15-18-41-19-16-24)32(48)28-20-25-6-5-17-42-34(25)45-33(28)37(38,39)40/h5-14,17,20-21,24,31,41H,15-16,18-19H2,1-4H3,(H2,43,44,49). The highest BCUT2D eigenvalue weighted by molar-refractivity contribution is 6.04. The number of nitrogens with one attached hydrogen (secondary N) is 3. The van der Waals surface area contributed by atoms with E-state index < -0.39 is 35.2 Å². The number of alkyl halides is 3. The lowest BCUT2D eigenvalue weighted by molar-refractivity contribution is -0.141. The maximum atomic E-state index is 14.3. The van der Waals surface area contributed by atoms with Gasteiger partial charge in [-0.3, -0.25) is 10.1 Å². The molecule has 9 nitrogen and oxygen atoms in total. The summed E-state index contributed by atoms with van der Waals surface area (Å²) >= 11 is 0. The van der Waals surface area contributed by atoms with Crippen molar-refractivity contribution in [2.45, 2.75) is 58.0 Å². The van der Waals surface area contributed by atoms with Crippen LogP contribution in [0.4, 0.5) is 29.5 Å². The van der Waals surface area contributed by atoms with E-state index in [0.29, 0.717) is 48.4 Å². The second kappa shape index (κ2) is 13.4. The number of Topliss-reactive ketones (excluding diaryl/α,β-unsaturated/α-hetero) is 1. The molecular weight excluding hydrogens is 631 g/mol. The lowest BCUT2D eigenvalue weighted by Crippen LogP contribution is -2.34. The minimum Gasteiger partial charge on any atom is -0.317 e. The van der Waals surface area contributed by atoms with E-state index in [0.717, 1.165) is 16.9 Å².